The summed E-state index contributed by atoms with van der Waals surface area (Å²) in [5.74, 6) is 0.966. The van der Waals surface area contributed by atoms with E-state index in [9.17, 15) is 4.79 Å². The second-order valence-electron chi connectivity index (χ2n) is 6.54. The number of carbonyl (C=O) groups is 1. The fraction of sp³-hybridized carbons (Fsp3) is 0.217. The lowest BCUT2D eigenvalue weighted by molar-refractivity contribution is -0.127. The van der Waals surface area contributed by atoms with Crippen LogP contribution in [-0.2, 0) is 4.79 Å². The zero-order chi connectivity index (χ0) is 20.8. The first kappa shape index (κ1) is 20.7. The summed E-state index contributed by atoms with van der Waals surface area (Å²) in [4.78, 5) is 12.4. The molecule has 5 nitrogen and oxygen atoms in total. The minimum atomic E-state index is -0.717. The maximum atomic E-state index is 12.4. The molecular weight excluding hydrogens is 388 g/mol. The van der Waals surface area contributed by atoms with Crippen LogP contribution < -0.4 is 14.9 Å². The third-order valence-corrected chi connectivity index (χ3v) is 4.64. The minimum absolute atomic E-state index is 0.353. The molecule has 0 unspecified atom stereocenters. The summed E-state index contributed by atoms with van der Waals surface area (Å²) in [5.41, 5.74) is 4.21. The number of amides is 1. The normalized spacial score (nSPS) is 12.1. The number of fused-ring (bicyclic) bond motifs is 1. The molecule has 0 aliphatic carbocycles. The third-order valence-electron chi connectivity index (χ3n) is 4.41. The van der Waals surface area contributed by atoms with E-state index >= 15 is 0 Å². The van der Waals surface area contributed by atoms with Gasteiger partial charge < -0.3 is 9.47 Å². The Bertz CT molecular complexity index is 1050. The summed E-state index contributed by atoms with van der Waals surface area (Å²) in [7, 11) is 0. The van der Waals surface area contributed by atoms with Crippen LogP contribution >= 0.6 is 11.6 Å². The van der Waals surface area contributed by atoms with Gasteiger partial charge in [0.1, 0.15) is 11.5 Å². The highest BCUT2D eigenvalue weighted by Crippen LogP contribution is 2.27. The average molecular weight is 411 g/mol. The molecule has 0 bridgehead atoms. The Hall–Kier alpha value is -3.05. The fourth-order valence-electron chi connectivity index (χ4n) is 2.93. The zero-order valence-electron chi connectivity index (χ0n) is 16.6. The molecule has 3 aromatic rings. The van der Waals surface area contributed by atoms with Crippen molar-refractivity contribution < 1.29 is 14.3 Å². The van der Waals surface area contributed by atoms with E-state index in [0.717, 1.165) is 21.9 Å². The number of carbonyl (C=O) groups excluding carboxylic acids is 1. The molecule has 0 aliphatic rings. The Morgan fingerprint density at radius 3 is 2.69 bits per heavy atom. The topological polar surface area (TPSA) is 59.9 Å². The van der Waals surface area contributed by atoms with Gasteiger partial charge in [-0.15, -0.1) is 0 Å². The first-order valence-electron chi connectivity index (χ1n) is 9.40. The van der Waals surface area contributed by atoms with Crippen LogP contribution in [-0.4, -0.2) is 24.8 Å². The molecule has 0 radical (unpaired) electrons. The molecule has 0 aromatic heterocycles. The number of rotatable bonds is 7. The Balaban J connectivity index is 1.73. The van der Waals surface area contributed by atoms with Gasteiger partial charge in [0, 0.05) is 10.6 Å². The van der Waals surface area contributed by atoms with Gasteiger partial charge in [-0.3, -0.25) is 4.79 Å². The highest BCUT2D eigenvalue weighted by atomic mass is 35.5. The molecule has 29 heavy (non-hydrogen) atoms. The van der Waals surface area contributed by atoms with Crippen LogP contribution in [0.3, 0.4) is 0 Å². The highest BCUT2D eigenvalue weighted by Gasteiger charge is 2.15. The number of hydrogen-bond donors (Lipinski definition) is 1. The molecule has 1 amide bonds. The van der Waals surface area contributed by atoms with Crippen LogP contribution in [0.2, 0.25) is 5.02 Å². The van der Waals surface area contributed by atoms with Gasteiger partial charge in [-0.05, 0) is 61.4 Å². The van der Waals surface area contributed by atoms with E-state index < -0.39 is 6.10 Å². The molecule has 1 N–H and O–H groups in total. The lowest BCUT2D eigenvalue weighted by Gasteiger charge is -2.15. The van der Waals surface area contributed by atoms with Crippen LogP contribution in [0, 0.1) is 6.92 Å². The second kappa shape index (κ2) is 9.43. The quantitative estimate of drug-likeness (QED) is 0.434. The lowest BCUT2D eigenvalue weighted by atomic mass is 10.0. The number of nitrogens with one attached hydrogen (secondary N) is 1. The average Bonchev–Trinajstić information content (AvgIpc) is 2.71. The van der Waals surface area contributed by atoms with Gasteiger partial charge in [0.05, 0.1) is 12.8 Å². The Morgan fingerprint density at radius 1 is 1.17 bits per heavy atom. The van der Waals surface area contributed by atoms with Gasteiger partial charge in [0.15, 0.2) is 6.10 Å². The van der Waals surface area contributed by atoms with Gasteiger partial charge in [-0.25, -0.2) is 5.43 Å². The number of aryl methyl sites for hydroxylation is 1. The maximum absolute atomic E-state index is 12.4. The summed E-state index contributed by atoms with van der Waals surface area (Å²) in [5, 5.41) is 6.82. The van der Waals surface area contributed by atoms with Crippen molar-refractivity contribution in [2.24, 2.45) is 5.10 Å². The van der Waals surface area contributed by atoms with Crippen molar-refractivity contribution >= 4 is 34.5 Å². The second-order valence-corrected chi connectivity index (χ2v) is 6.97. The summed E-state index contributed by atoms with van der Waals surface area (Å²) >= 11 is 5.96. The van der Waals surface area contributed by atoms with E-state index in [-0.39, 0.29) is 5.91 Å². The number of hydrazone groups is 1. The van der Waals surface area contributed by atoms with E-state index in [4.69, 9.17) is 21.1 Å². The third kappa shape index (κ3) is 5.06. The molecular formula is C23H23ClN2O3. The molecule has 3 aromatic carbocycles. The molecule has 0 aliphatic heterocycles. The first-order chi connectivity index (χ1) is 14.0. The first-order valence-corrected chi connectivity index (χ1v) is 9.77. The molecule has 3 rings (SSSR count). The lowest BCUT2D eigenvalue weighted by Crippen LogP contribution is -2.33. The van der Waals surface area contributed by atoms with Crippen molar-refractivity contribution in [2.75, 3.05) is 6.61 Å². The molecule has 0 heterocycles. The van der Waals surface area contributed by atoms with E-state index in [1.165, 1.54) is 0 Å². The molecule has 0 saturated heterocycles. The molecule has 0 saturated carbocycles. The summed E-state index contributed by atoms with van der Waals surface area (Å²) in [6.45, 7) is 6.01. The molecule has 1 atom stereocenters. The van der Waals surface area contributed by atoms with Gasteiger partial charge in [-0.1, -0.05) is 41.9 Å². The summed E-state index contributed by atoms with van der Waals surface area (Å²) in [6.07, 6.45) is 0.886. The summed E-state index contributed by atoms with van der Waals surface area (Å²) in [6, 6.07) is 17.1. The SMILES string of the molecule is CCOc1ccc2ccccc2c1C=NNC(=O)[C@@H](C)Oc1ccc(Cl)cc1C. The van der Waals surface area contributed by atoms with E-state index in [0.29, 0.717) is 23.1 Å². The van der Waals surface area contributed by atoms with Gasteiger partial charge in [-0.2, -0.15) is 5.10 Å². The van der Waals surface area contributed by atoms with Crippen molar-refractivity contribution in [2.45, 2.75) is 26.9 Å². The van der Waals surface area contributed by atoms with Crippen molar-refractivity contribution in [1.29, 1.82) is 0 Å². The van der Waals surface area contributed by atoms with E-state index in [2.05, 4.69) is 10.5 Å². The van der Waals surface area contributed by atoms with E-state index in [1.807, 2.05) is 50.2 Å². The van der Waals surface area contributed by atoms with Crippen molar-refractivity contribution in [3.8, 4) is 11.5 Å². The van der Waals surface area contributed by atoms with Crippen molar-refractivity contribution in [1.82, 2.24) is 5.43 Å². The fourth-order valence-corrected chi connectivity index (χ4v) is 3.16. The van der Waals surface area contributed by atoms with Crippen LogP contribution in [0.4, 0.5) is 0 Å². The molecule has 150 valence electrons. The van der Waals surface area contributed by atoms with Crippen LogP contribution in [0.5, 0.6) is 11.5 Å². The number of nitrogens with zero attached hydrogens (tertiary/aromatic N) is 1. The molecule has 0 fully saturated rings. The monoisotopic (exact) mass is 410 g/mol. The minimum Gasteiger partial charge on any atom is -0.493 e. The highest BCUT2D eigenvalue weighted by molar-refractivity contribution is 6.30. The molecule has 0 spiro atoms. The Kier molecular flexibility index (Phi) is 6.73. The van der Waals surface area contributed by atoms with E-state index in [1.54, 1.807) is 31.3 Å². The number of benzene rings is 3. The Labute approximate surface area is 175 Å². The molecule has 6 heteroatoms. The Morgan fingerprint density at radius 2 is 1.93 bits per heavy atom. The van der Waals surface area contributed by atoms with Crippen LogP contribution in [0.15, 0.2) is 59.7 Å². The predicted molar refractivity (Wildman–Crippen MR) is 117 cm³/mol. The van der Waals surface area contributed by atoms with Crippen LogP contribution in [0.1, 0.15) is 25.0 Å². The van der Waals surface area contributed by atoms with Gasteiger partial charge in [0.25, 0.3) is 5.91 Å². The predicted octanol–water partition coefficient (Wildman–Crippen LogP) is 5.12. The number of halogens is 1. The number of ether oxygens (including phenoxy) is 2. The standard InChI is InChI=1S/C23H23ClN2O3/c1-4-28-22-11-9-17-7-5-6-8-19(17)20(22)14-25-26-23(27)16(3)29-21-12-10-18(24)13-15(21)2/h5-14,16H,4H2,1-3H3,(H,26,27)/t16-/m1/s1. The van der Waals surface area contributed by atoms with Crippen molar-refractivity contribution in [3.05, 3.63) is 70.7 Å². The summed E-state index contributed by atoms with van der Waals surface area (Å²) < 4.78 is 11.4. The maximum Gasteiger partial charge on any atom is 0.280 e. The van der Waals surface area contributed by atoms with Crippen LogP contribution in [0.25, 0.3) is 10.8 Å². The smallest absolute Gasteiger partial charge is 0.280 e. The largest absolute Gasteiger partial charge is 0.493 e. The van der Waals surface area contributed by atoms with Gasteiger partial charge in [0.2, 0.25) is 0 Å². The van der Waals surface area contributed by atoms with Gasteiger partial charge >= 0.3 is 0 Å². The van der Waals surface area contributed by atoms with Crippen molar-refractivity contribution in [3.63, 3.8) is 0 Å². The zero-order valence-corrected chi connectivity index (χ0v) is 17.4. The number of hydrogen-bond acceptors (Lipinski definition) is 4.